The van der Waals surface area contributed by atoms with Crippen LogP contribution in [0.2, 0.25) is 0 Å². The summed E-state index contributed by atoms with van der Waals surface area (Å²) in [4.78, 5) is 14.7. The summed E-state index contributed by atoms with van der Waals surface area (Å²) in [5.41, 5.74) is 1.27. The van der Waals surface area contributed by atoms with Crippen molar-refractivity contribution in [3.63, 3.8) is 0 Å². The third kappa shape index (κ3) is 3.62. The fourth-order valence-corrected chi connectivity index (χ4v) is 5.95. The van der Waals surface area contributed by atoms with Gasteiger partial charge in [0.15, 0.2) is 9.84 Å². The number of nitrogens with one attached hydrogen (secondary N) is 1. The lowest BCUT2D eigenvalue weighted by Crippen LogP contribution is -2.42. The van der Waals surface area contributed by atoms with Gasteiger partial charge in [0.25, 0.3) is 0 Å². The zero-order chi connectivity index (χ0) is 18.1. The normalized spacial score (nSPS) is 25.5. The van der Waals surface area contributed by atoms with Crippen LogP contribution < -0.4 is 5.32 Å². The molecule has 2 fully saturated rings. The molecule has 2 atom stereocenters. The van der Waals surface area contributed by atoms with E-state index in [2.05, 4.69) is 46.6 Å². The minimum Gasteiger partial charge on any atom is -0.351 e. The summed E-state index contributed by atoms with van der Waals surface area (Å²) >= 11 is 0. The topological polar surface area (TPSA) is 66.5 Å². The SMILES string of the molecule is O=C(CN1CCCC1c1cccc2ccccc12)NC1CCS(=O)(=O)C1. The number of rotatable bonds is 4. The summed E-state index contributed by atoms with van der Waals surface area (Å²) in [6.45, 7) is 1.22. The van der Waals surface area contributed by atoms with Crippen molar-refractivity contribution in [2.45, 2.75) is 31.3 Å². The lowest BCUT2D eigenvalue weighted by atomic mass is 9.97. The van der Waals surface area contributed by atoms with Crippen molar-refractivity contribution < 1.29 is 13.2 Å². The average molecular weight is 372 g/mol. The van der Waals surface area contributed by atoms with E-state index in [0.717, 1.165) is 19.4 Å². The molecule has 2 aromatic rings. The first-order valence-electron chi connectivity index (χ1n) is 9.23. The lowest BCUT2D eigenvalue weighted by molar-refractivity contribution is -0.123. The molecule has 2 aromatic carbocycles. The number of sulfone groups is 1. The van der Waals surface area contributed by atoms with Gasteiger partial charge in [0, 0.05) is 12.1 Å². The molecule has 0 aliphatic carbocycles. The van der Waals surface area contributed by atoms with Crippen LogP contribution in [-0.2, 0) is 14.6 Å². The minimum absolute atomic E-state index is 0.0702. The highest BCUT2D eigenvalue weighted by molar-refractivity contribution is 7.91. The highest BCUT2D eigenvalue weighted by Crippen LogP contribution is 2.35. The van der Waals surface area contributed by atoms with Crippen LogP contribution in [0.4, 0.5) is 0 Å². The monoisotopic (exact) mass is 372 g/mol. The number of likely N-dealkylation sites (tertiary alicyclic amines) is 1. The van der Waals surface area contributed by atoms with Crippen molar-refractivity contribution in [3.8, 4) is 0 Å². The Morgan fingerprint density at radius 2 is 1.92 bits per heavy atom. The van der Waals surface area contributed by atoms with Crippen LogP contribution in [0, 0.1) is 0 Å². The maximum Gasteiger partial charge on any atom is 0.234 e. The van der Waals surface area contributed by atoms with E-state index in [0.29, 0.717) is 13.0 Å². The Balaban J connectivity index is 1.47. The van der Waals surface area contributed by atoms with Crippen molar-refractivity contribution in [2.24, 2.45) is 0 Å². The largest absolute Gasteiger partial charge is 0.351 e. The van der Waals surface area contributed by atoms with Gasteiger partial charge in [-0.1, -0.05) is 42.5 Å². The predicted octanol–water partition coefficient (Wildman–Crippen LogP) is 2.28. The molecule has 2 saturated heterocycles. The van der Waals surface area contributed by atoms with Gasteiger partial charge in [0.2, 0.25) is 5.91 Å². The maximum absolute atomic E-state index is 12.5. The van der Waals surface area contributed by atoms with Gasteiger partial charge < -0.3 is 5.32 Å². The van der Waals surface area contributed by atoms with E-state index in [1.54, 1.807) is 0 Å². The molecular weight excluding hydrogens is 348 g/mol. The van der Waals surface area contributed by atoms with Gasteiger partial charge in [0.05, 0.1) is 18.1 Å². The van der Waals surface area contributed by atoms with Crippen LogP contribution in [0.15, 0.2) is 42.5 Å². The fourth-order valence-electron chi connectivity index (χ4n) is 4.28. The Bertz CT molecular complexity index is 920. The Hall–Kier alpha value is -1.92. The maximum atomic E-state index is 12.5. The van der Waals surface area contributed by atoms with Crippen LogP contribution in [0.25, 0.3) is 10.8 Å². The number of hydrogen-bond acceptors (Lipinski definition) is 4. The molecule has 4 rings (SSSR count). The first kappa shape index (κ1) is 17.5. The molecule has 2 aliphatic rings. The van der Waals surface area contributed by atoms with Crippen molar-refractivity contribution in [1.82, 2.24) is 10.2 Å². The van der Waals surface area contributed by atoms with E-state index in [1.807, 2.05) is 6.07 Å². The number of fused-ring (bicyclic) bond motifs is 1. The third-order valence-electron chi connectivity index (χ3n) is 5.49. The van der Waals surface area contributed by atoms with Crippen molar-refractivity contribution >= 4 is 26.5 Å². The van der Waals surface area contributed by atoms with E-state index < -0.39 is 9.84 Å². The molecule has 6 heteroatoms. The number of amides is 1. The molecule has 0 bridgehead atoms. The van der Waals surface area contributed by atoms with Gasteiger partial charge in [-0.25, -0.2) is 8.42 Å². The van der Waals surface area contributed by atoms with Gasteiger partial charge in [-0.15, -0.1) is 0 Å². The molecule has 0 saturated carbocycles. The summed E-state index contributed by atoms with van der Waals surface area (Å²) in [6, 6.07) is 14.7. The number of hydrogen-bond donors (Lipinski definition) is 1. The summed E-state index contributed by atoms with van der Waals surface area (Å²) < 4.78 is 23.1. The summed E-state index contributed by atoms with van der Waals surface area (Å²) in [5.74, 6) is 0.186. The summed E-state index contributed by atoms with van der Waals surface area (Å²) in [5, 5.41) is 5.38. The average Bonchev–Trinajstić information content (AvgIpc) is 3.20. The Labute approximate surface area is 154 Å². The summed E-state index contributed by atoms with van der Waals surface area (Å²) in [7, 11) is -2.97. The molecule has 0 aromatic heterocycles. The van der Waals surface area contributed by atoms with Gasteiger partial charge in [-0.3, -0.25) is 9.69 Å². The van der Waals surface area contributed by atoms with E-state index in [9.17, 15) is 13.2 Å². The molecule has 5 nitrogen and oxygen atoms in total. The number of benzene rings is 2. The second-order valence-corrected chi connectivity index (χ2v) is 9.59. The molecule has 138 valence electrons. The fraction of sp³-hybridized carbons (Fsp3) is 0.450. The molecule has 1 N–H and O–H groups in total. The van der Waals surface area contributed by atoms with E-state index in [4.69, 9.17) is 0 Å². The summed E-state index contributed by atoms with van der Waals surface area (Å²) in [6.07, 6.45) is 2.64. The van der Waals surface area contributed by atoms with Crippen molar-refractivity contribution in [1.29, 1.82) is 0 Å². The Morgan fingerprint density at radius 3 is 2.73 bits per heavy atom. The smallest absolute Gasteiger partial charge is 0.234 e. The van der Waals surface area contributed by atoms with Gasteiger partial charge in [-0.2, -0.15) is 0 Å². The van der Waals surface area contributed by atoms with E-state index in [-0.39, 0.29) is 29.5 Å². The van der Waals surface area contributed by atoms with Crippen LogP contribution in [-0.4, -0.2) is 49.9 Å². The first-order chi connectivity index (χ1) is 12.5. The van der Waals surface area contributed by atoms with Crippen molar-refractivity contribution in [2.75, 3.05) is 24.6 Å². The second kappa shape index (κ2) is 7.00. The highest BCUT2D eigenvalue weighted by atomic mass is 32.2. The van der Waals surface area contributed by atoms with Gasteiger partial charge in [-0.05, 0) is 42.1 Å². The van der Waals surface area contributed by atoms with Crippen LogP contribution >= 0.6 is 0 Å². The third-order valence-corrected chi connectivity index (χ3v) is 7.26. The molecule has 2 aliphatic heterocycles. The van der Waals surface area contributed by atoms with Gasteiger partial charge >= 0.3 is 0 Å². The van der Waals surface area contributed by atoms with Crippen LogP contribution in [0.3, 0.4) is 0 Å². The molecule has 2 unspecified atom stereocenters. The highest BCUT2D eigenvalue weighted by Gasteiger charge is 2.32. The lowest BCUT2D eigenvalue weighted by Gasteiger charge is -2.26. The van der Waals surface area contributed by atoms with Crippen molar-refractivity contribution in [3.05, 3.63) is 48.0 Å². The van der Waals surface area contributed by atoms with E-state index in [1.165, 1.54) is 16.3 Å². The standard InChI is InChI=1S/C20H24N2O3S/c23-20(21-16-10-12-26(24,25)14-16)13-22-11-4-9-19(22)18-8-3-6-15-5-1-2-7-17(15)18/h1-3,5-8,16,19H,4,9-14H2,(H,21,23). The Kier molecular flexibility index (Phi) is 4.71. The predicted molar refractivity (Wildman–Crippen MR) is 103 cm³/mol. The number of nitrogens with zero attached hydrogens (tertiary/aromatic N) is 1. The first-order valence-corrected chi connectivity index (χ1v) is 11.1. The van der Waals surface area contributed by atoms with E-state index >= 15 is 0 Å². The number of carbonyl (C=O) groups is 1. The van der Waals surface area contributed by atoms with Crippen LogP contribution in [0.1, 0.15) is 30.9 Å². The second-order valence-electron chi connectivity index (χ2n) is 7.36. The molecule has 1 amide bonds. The molecule has 26 heavy (non-hydrogen) atoms. The number of carbonyl (C=O) groups excluding carboxylic acids is 1. The molecule has 2 heterocycles. The zero-order valence-electron chi connectivity index (χ0n) is 14.7. The Morgan fingerprint density at radius 1 is 1.12 bits per heavy atom. The molecule has 0 radical (unpaired) electrons. The van der Waals surface area contributed by atoms with Crippen LogP contribution in [0.5, 0.6) is 0 Å². The molecule has 0 spiro atoms. The zero-order valence-corrected chi connectivity index (χ0v) is 15.5. The minimum atomic E-state index is -2.97. The molecular formula is C20H24N2O3S. The van der Waals surface area contributed by atoms with Gasteiger partial charge in [0.1, 0.15) is 0 Å². The quantitative estimate of drug-likeness (QED) is 0.894.